The van der Waals surface area contributed by atoms with Crippen molar-refractivity contribution in [1.82, 2.24) is 4.90 Å². The van der Waals surface area contributed by atoms with E-state index in [2.05, 4.69) is 5.32 Å². The van der Waals surface area contributed by atoms with Gasteiger partial charge in [-0.2, -0.15) is 0 Å². The Hall–Kier alpha value is -3.42. The molecular weight excluding hydrogens is 459 g/mol. The monoisotopic (exact) mass is 478 g/mol. The largest absolute Gasteiger partial charge is 0.454 e. The first kappa shape index (κ1) is 21.1. The van der Waals surface area contributed by atoms with E-state index in [-0.39, 0.29) is 30.2 Å². The molecule has 3 aromatic rings. The quantitative estimate of drug-likeness (QED) is 0.558. The van der Waals surface area contributed by atoms with Gasteiger partial charge < -0.3 is 14.8 Å². The minimum absolute atomic E-state index is 0.0928. The number of ketones is 1. The van der Waals surface area contributed by atoms with Gasteiger partial charge in [0.05, 0.1) is 5.92 Å². The molecule has 1 fully saturated rings. The van der Waals surface area contributed by atoms with Gasteiger partial charge in [-0.25, -0.2) is 4.39 Å². The van der Waals surface area contributed by atoms with Gasteiger partial charge in [-0.1, -0.05) is 23.7 Å². The maximum atomic E-state index is 14.2. The van der Waals surface area contributed by atoms with E-state index < -0.39 is 11.5 Å². The summed E-state index contributed by atoms with van der Waals surface area (Å²) in [7, 11) is 1.83. The summed E-state index contributed by atoms with van der Waals surface area (Å²) in [6.07, 6.45) is 0. The predicted octanol–water partition coefficient (Wildman–Crippen LogP) is 4.58. The molecule has 0 bridgehead atoms. The van der Waals surface area contributed by atoms with Crippen LogP contribution in [0, 0.1) is 11.7 Å². The summed E-state index contributed by atoms with van der Waals surface area (Å²) >= 11 is 6.34. The number of fused-ring (bicyclic) bond motifs is 3. The Morgan fingerprint density at radius 2 is 1.85 bits per heavy atom. The second kappa shape index (κ2) is 7.55. The molecule has 0 aromatic heterocycles. The Kier molecular flexibility index (Phi) is 4.69. The van der Waals surface area contributed by atoms with Crippen LogP contribution in [-0.2, 0) is 10.3 Å². The third-order valence-corrected chi connectivity index (χ3v) is 7.38. The number of Topliss-reactive ketones (excluding diaryl/α,β-unsaturated/α-hetero) is 1. The second-order valence-electron chi connectivity index (χ2n) is 8.86. The molecule has 1 saturated heterocycles. The van der Waals surface area contributed by atoms with Gasteiger partial charge in [-0.05, 0) is 61.1 Å². The highest BCUT2D eigenvalue weighted by Crippen LogP contribution is 2.56. The van der Waals surface area contributed by atoms with Gasteiger partial charge in [0.2, 0.25) is 12.7 Å². The van der Waals surface area contributed by atoms with Gasteiger partial charge in [-0.3, -0.25) is 14.5 Å². The van der Waals surface area contributed by atoms with Crippen molar-refractivity contribution in [3.8, 4) is 11.5 Å². The topological polar surface area (TPSA) is 67.9 Å². The van der Waals surface area contributed by atoms with Crippen LogP contribution in [0.4, 0.5) is 10.1 Å². The number of hydrogen-bond donors (Lipinski definition) is 1. The molecular formula is C26H20ClFN2O4. The standard InChI is InChI=1S/C26H20ClFN2O4/c1-30-12-18(14-2-6-17(28)7-3-14)23(24(31)15-4-9-21-22(10-15)34-13-33-21)26(30)19-11-16(27)5-8-20(19)29-25(26)32/h2-11,18,23H,12-13H2,1H3,(H,29,32)/t18-,23-,26-/m1/s1. The van der Waals surface area contributed by atoms with Crippen molar-refractivity contribution in [3.63, 3.8) is 0 Å². The van der Waals surface area contributed by atoms with Crippen LogP contribution in [0.5, 0.6) is 11.5 Å². The van der Waals surface area contributed by atoms with E-state index in [0.29, 0.717) is 39.9 Å². The van der Waals surface area contributed by atoms with Crippen LogP contribution in [-0.4, -0.2) is 37.0 Å². The highest BCUT2D eigenvalue weighted by Gasteiger charge is 2.64. The lowest BCUT2D eigenvalue weighted by Crippen LogP contribution is -2.51. The number of likely N-dealkylation sites (tertiary alicyclic amines) is 1. The van der Waals surface area contributed by atoms with Gasteiger partial charge in [-0.15, -0.1) is 0 Å². The van der Waals surface area contributed by atoms with Crippen LogP contribution in [0.1, 0.15) is 27.4 Å². The molecule has 8 heteroatoms. The van der Waals surface area contributed by atoms with Crippen LogP contribution in [0.3, 0.4) is 0 Å². The molecule has 1 N–H and O–H groups in total. The maximum Gasteiger partial charge on any atom is 0.250 e. The Bertz CT molecular complexity index is 1350. The Morgan fingerprint density at radius 3 is 2.65 bits per heavy atom. The number of anilines is 1. The zero-order valence-electron chi connectivity index (χ0n) is 18.2. The molecule has 3 aliphatic heterocycles. The van der Waals surface area contributed by atoms with E-state index in [1.54, 1.807) is 48.5 Å². The summed E-state index contributed by atoms with van der Waals surface area (Å²) in [4.78, 5) is 29.8. The minimum Gasteiger partial charge on any atom is -0.454 e. The Morgan fingerprint density at radius 1 is 1.09 bits per heavy atom. The zero-order valence-corrected chi connectivity index (χ0v) is 18.9. The molecule has 3 heterocycles. The molecule has 0 aliphatic carbocycles. The number of nitrogens with zero attached hydrogens (tertiary/aromatic N) is 1. The van der Waals surface area contributed by atoms with E-state index in [9.17, 15) is 14.0 Å². The van der Waals surface area contributed by atoms with Crippen molar-refractivity contribution in [3.05, 3.63) is 88.2 Å². The normalized spacial score (nSPS) is 25.0. The maximum absolute atomic E-state index is 14.2. The summed E-state index contributed by atoms with van der Waals surface area (Å²) in [5.41, 5.74) is 1.22. The van der Waals surface area contributed by atoms with Crippen LogP contribution in [0.2, 0.25) is 5.02 Å². The first-order valence-corrected chi connectivity index (χ1v) is 11.3. The fourth-order valence-electron chi connectivity index (χ4n) is 5.65. The van der Waals surface area contributed by atoms with Crippen LogP contribution in [0.25, 0.3) is 0 Å². The number of amides is 1. The van der Waals surface area contributed by atoms with Crippen molar-refractivity contribution in [2.45, 2.75) is 11.5 Å². The van der Waals surface area contributed by atoms with Crippen molar-refractivity contribution in [2.24, 2.45) is 5.92 Å². The van der Waals surface area contributed by atoms with Crippen LogP contribution >= 0.6 is 11.6 Å². The van der Waals surface area contributed by atoms with E-state index in [0.717, 1.165) is 5.56 Å². The molecule has 3 atom stereocenters. The molecule has 0 radical (unpaired) electrons. The smallest absolute Gasteiger partial charge is 0.250 e. The average molecular weight is 479 g/mol. The first-order valence-electron chi connectivity index (χ1n) is 10.9. The van der Waals surface area contributed by atoms with E-state index in [4.69, 9.17) is 21.1 Å². The molecule has 0 saturated carbocycles. The lowest BCUT2D eigenvalue weighted by Gasteiger charge is -2.35. The number of likely N-dealkylation sites (N-methyl/N-ethyl adjacent to an activating group) is 1. The molecule has 3 aromatic carbocycles. The number of ether oxygens (including phenoxy) is 2. The van der Waals surface area contributed by atoms with Gasteiger partial charge in [0.25, 0.3) is 0 Å². The number of benzene rings is 3. The number of hydrogen-bond acceptors (Lipinski definition) is 5. The van der Waals surface area contributed by atoms with Crippen molar-refractivity contribution < 1.29 is 23.5 Å². The lowest BCUT2D eigenvalue weighted by atomic mass is 9.70. The van der Waals surface area contributed by atoms with Crippen molar-refractivity contribution in [2.75, 3.05) is 25.7 Å². The lowest BCUT2D eigenvalue weighted by molar-refractivity contribution is -0.126. The SMILES string of the molecule is CN1C[C@H](c2ccc(F)cc2)[C@H](C(=O)c2ccc3c(c2)OCO3)[C@]12C(=O)Nc1ccc(Cl)cc12. The molecule has 172 valence electrons. The summed E-state index contributed by atoms with van der Waals surface area (Å²) in [6, 6.07) is 16.4. The van der Waals surface area contributed by atoms with E-state index >= 15 is 0 Å². The third kappa shape index (κ3) is 2.90. The van der Waals surface area contributed by atoms with Gasteiger partial charge in [0.1, 0.15) is 11.4 Å². The first-order chi connectivity index (χ1) is 16.4. The minimum atomic E-state index is -1.27. The van der Waals surface area contributed by atoms with Crippen LogP contribution in [0.15, 0.2) is 60.7 Å². The van der Waals surface area contributed by atoms with Gasteiger partial charge in [0, 0.05) is 34.3 Å². The molecule has 6 rings (SSSR count). The number of halogens is 2. The second-order valence-corrected chi connectivity index (χ2v) is 9.30. The fraction of sp³-hybridized carbons (Fsp3) is 0.231. The summed E-state index contributed by atoms with van der Waals surface area (Å²) < 4.78 is 24.6. The number of nitrogens with one attached hydrogen (secondary N) is 1. The number of carbonyl (C=O) groups is 2. The molecule has 0 unspecified atom stereocenters. The Balaban J connectivity index is 1.55. The van der Waals surface area contributed by atoms with Crippen molar-refractivity contribution in [1.29, 1.82) is 0 Å². The fourth-order valence-corrected chi connectivity index (χ4v) is 5.82. The highest BCUT2D eigenvalue weighted by atomic mass is 35.5. The molecule has 1 spiro atoms. The van der Waals surface area contributed by atoms with E-state index in [1.807, 2.05) is 11.9 Å². The molecule has 6 nitrogen and oxygen atoms in total. The summed E-state index contributed by atoms with van der Waals surface area (Å²) in [6.45, 7) is 0.515. The van der Waals surface area contributed by atoms with Gasteiger partial charge >= 0.3 is 0 Å². The predicted molar refractivity (Wildman–Crippen MR) is 124 cm³/mol. The summed E-state index contributed by atoms with van der Waals surface area (Å²) in [5, 5.41) is 3.43. The average Bonchev–Trinajstić information content (AvgIpc) is 3.49. The third-order valence-electron chi connectivity index (χ3n) is 7.15. The van der Waals surface area contributed by atoms with Crippen molar-refractivity contribution >= 4 is 29.0 Å². The van der Waals surface area contributed by atoms with Gasteiger partial charge in [0.15, 0.2) is 17.3 Å². The Labute approximate surface area is 200 Å². The zero-order chi connectivity index (χ0) is 23.6. The van der Waals surface area contributed by atoms with E-state index in [1.165, 1.54) is 12.1 Å². The number of carbonyl (C=O) groups excluding carboxylic acids is 2. The molecule has 34 heavy (non-hydrogen) atoms. The molecule has 1 amide bonds. The highest BCUT2D eigenvalue weighted by molar-refractivity contribution is 6.31. The number of rotatable bonds is 3. The van der Waals surface area contributed by atoms with Crippen LogP contribution < -0.4 is 14.8 Å². The summed E-state index contributed by atoms with van der Waals surface area (Å²) in [5.74, 6) is -0.943. The molecule has 3 aliphatic rings.